The van der Waals surface area contributed by atoms with Crippen LogP contribution >= 0.6 is 0 Å². The number of hydrogen-bond donors (Lipinski definition) is 1. The average Bonchev–Trinajstić information content (AvgIpc) is 2.54. The molecule has 0 aliphatic heterocycles. The molecular formula is C14H27N. The third-order valence-corrected chi connectivity index (χ3v) is 4.91. The lowest BCUT2D eigenvalue weighted by molar-refractivity contribution is 0.418. The number of rotatable bonds is 5. The van der Waals surface area contributed by atoms with Crippen molar-refractivity contribution in [2.24, 2.45) is 16.7 Å². The summed E-state index contributed by atoms with van der Waals surface area (Å²) in [5.41, 5.74) is 2.30. The molecule has 0 aromatic rings. The van der Waals surface area contributed by atoms with Crippen molar-refractivity contribution in [3.8, 4) is 0 Å². The van der Waals surface area contributed by atoms with Crippen LogP contribution in [-0.4, -0.2) is 13.1 Å². The Morgan fingerprint density at radius 1 is 1.27 bits per heavy atom. The van der Waals surface area contributed by atoms with E-state index in [1.165, 1.54) is 5.57 Å². The summed E-state index contributed by atoms with van der Waals surface area (Å²) < 4.78 is 0. The van der Waals surface area contributed by atoms with Crippen molar-refractivity contribution in [3.63, 3.8) is 0 Å². The number of nitrogens with one attached hydrogen (secondary N) is 1. The Labute approximate surface area is 95.3 Å². The van der Waals surface area contributed by atoms with Crippen LogP contribution in [0.25, 0.3) is 0 Å². The maximum absolute atomic E-state index is 4.13. The molecule has 1 saturated carbocycles. The van der Waals surface area contributed by atoms with Gasteiger partial charge >= 0.3 is 0 Å². The zero-order valence-corrected chi connectivity index (χ0v) is 11.3. The van der Waals surface area contributed by atoms with Crippen LogP contribution < -0.4 is 5.32 Å². The third-order valence-electron chi connectivity index (χ3n) is 4.91. The molecule has 15 heavy (non-hydrogen) atoms. The van der Waals surface area contributed by atoms with Crippen molar-refractivity contribution in [2.75, 3.05) is 7.05 Å². The quantitative estimate of drug-likeness (QED) is 0.682. The van der Waals surface area contributed by atoms with Crippen LogP contribution in [0.1, 0.15) is 47.5 Å². The van der Waals surface area contributed by atoms with Crippen molar-refractivity contribution in [3.05, 3.63) is 12.2 Å². The molecule has 1 heteroatoms. The Hall–Kier alpha value is -0.300. The van der Waals surface area contributed by atoms with Gasteiger partial charge in [0.15, 0.2) is 0 Å². The van der Waals surface area contributed by atoms with Crippen molar-refractivity contribution < 1.29 is 0 Å². The first-order chi connectivity index (χ1) is 6.79. The van der Waals surface area contributed by atoms with Gasteiger partial charge in [-0.15, -0.1) is 0 Å². The fraction of sp³-hybridized carbons (Fsp3) is 0.857. The maximum atomic E-state index is 4.13. The lowest BCUT2D eigenvalue weighted by Crippen LogP contribution is -2.30. The van der Waals surface area contributed by atoms with Crippen molar-refractivity contribution in [1.29, 1.82) is 0 Å². The smallest absolute Gasteiger partial charge is 0.0140 e. The molecule has 1 nitrogen and oxygen atoms in total. The highest BCUT2D eigenvalue weighted by Gasteiger charge is 2.66. The van der Waals surface area contributed by atoms with Gasteiger partial charge in [0.05, 0.1) is 0 Å². The molecule has 1 unspecified atom stereocenters. The molecule has 0 radical (unpaired) electrons. The van der Waals surface area contributed by atoms with Gasteiger partial charge in [0.25, 0.3) is 0 Å². The molecule has 0 amide bonds. The maximum Gasteiger partial charge on any atom is 0.0140 e. The van der Waals surface area contributed by atoms with Crippen molar-refractivity contribution >= 4 is 0 Å². The molecule has 0 aromatic heterocycles. The Balaban J connectivity index is 2.67. The van der Waals surface area contributed by atoms with Gasteiger partial charge in [-0.1, -0.05) is 46.8 Å². The molecule has 88 valence electrons. The van der Waals surface area contributed by atoms with Crippen LogP contribution in [0.15, 0.2) is 12.2 Å². The highest BCUT2D eigenvalue weighted by atomic mass is 14.9. The standard InChI is InChI=1S/C14H27N/c1-8-10(2)9-11(15-7)12-13(3,4)14(12,5)6/h11-12,15H,2,8-9H2,1,3-7H3. The van der Waals surface area contributed by atoms with Crippen LogP contribution in [0, 0.1) is 16.7 Å². The fourth-order valence-electron chi connectivity index (χ4n) is 3.10. The molecule has 1 rings (SSSR count). The normalized spacial score (nSPS) is 24.9. The van der Waals surface area contributed by atoms with E-state index < -0.39 is 0 Å². The Bertz CT molecular complexity index is 236. The van der Waals surface area contributed by atoms with E-state index in [9.17, 15) is 0 Å². The molecule has 0 aromatic carbocycles. The van der Waals surface area contributed by atoms with Gasteiger partial charge in [0.1, 0.15) is 0 Å². The van der Waals surface area contributed by atoms with Gasteiger partial charge in [0.2, 0.25) is 0 Å². The van der Waals surface area contributed by atoms with E-state index in [4.69, 9.17) is 0 Å². The van der Waals surface area contributed by atoms with Crippen LogP contribution in [0.4, 0.5) is 0 Å². The summed E-state index contributed by atoms with van der Waals surface area (Å²) >= 11 is 0. The van der Waals surface area contributed by atoms with E-state index in [0.717, 1.165) is 18.8 Å². The summed E-state index contributed by atoms with van der Waals surface area (Å²) in [5.74, 6) is 0.776. The van der Waals surface area contributed by atoms with Gasteiger partial charge in [0, 0.05) is 6.04 Å². The minimum absolute atomic E-state index is 0.467. The minimum Gasteiger partial charge on any atom is -0.316 e. The highest BCUT2D eigenvalue weighted by Crippen LogP contribution is 2.70. The van der Waals surface area contributed by atoms with E-state index in [-0.39, 0.29) is 0 Å². The van der Waals surface area contributed by atoms with Crippen molar-refractivity contribution in [2.45, 2.75) is 53.5 Å². The lowest BCUT2D eigenvalue weighted by Gasteiger charge is -2.19. The molecule has 0 heterocycles. The Morgan fingerprint density at radius 3 is 2.00 bits per heavy atom. The summed E-state index contributed by atoms with van der Waals surface area (Å²) in [6, 6.07) is 0.599. The van der Waals surface area contributed by atoms with Crippen LogP contribution in [0.2, 0.25) is 0 Å². The molecule has 1 aliphatic rings. The largest absolute Gasteiger partial charge is 0.316 e. The molecule has 0 spiro atoms. The summed E-state index contributed by atoms with van der Waals surface area (Å²) in [5, 5.41) is 3.48. The van der Waals surface area contributed by atoms with Gasteiger partial charge < -0.3 is 5.32 Å². The van der Waals surface area contributed by atoms with Gasteiger partial charge in [-0.25, -0.2) is 0 Å². The topological polar surface area (TPSA) is 12.0 Å². The summed E-state index contributed by atoms with van der Waals surface area (Å²) in [4.78, 5) is 0. The van der Waals surface area contributed by atoms with Crippen LogP contribution in [0.3, 0.4) is 0 Å². The first-order valence-corrected chi connectivity index (χ1v) is 6.13. The van der Waals surface area contributed by atoms with Crippen LogP contribution in [0.5, 0.6) is 0 Å². The predicted molar refractivity (Wildman–Crippen MR) is 67.9 cm³/mol. The van der Waals surface area contributed by atoms with Gasteiger partial charge in [-0.3, -0.25) is 0 Å². The van der Waals surface area contributed by atoms with E-state index in [1.54, 1.807) is 0 Å². The fourth-order valence-corrected chi connectivity index (χ4v) is 3.10. The highest BCUT2D eigenvalue weighted by molar-refractivity contribution is 5.18. The predicted octanol–water partition coefficient (Wildman–Crippen LogP) is 3.61. The summed E-state index contributed by atoms with van der Waals surface area (Å²) in [7, 11) is 2.08. The van der Waals surface area contributed by atoms with E-state index in [2.05, 4.69) is 53.6 Å². The Kier molecular flexibility index (Phi) is 3.35. The van der Waals surface area contributed by atoms with E-state index in [0.29, 0.717) is 16.9 Å². The zero-order valence-electron chi connectivity index (χ0n) is 11.3. The van der Waals surface area contributed by atoms with Crippen molar-refractivity contribution in [1.82, 2.24) is 5.32 Å². The molecule has 0 bridgehead atoms. The second-order valence-electron chi connectivity index (χ2n) is 6.12. The summed E-state index contributed by atoms with van der Waals surface area (Å²) in [6.07, 6.45) is 2.23. The zero-order chi connectivity index (χ0) is 11.9. The number of hydrogen-bond acceptors (Lipinski definition) is 1. The average molecular weight is 209 g/mol. The minimum atomic E-state index is 0.467. The molecule has 1 N–H and O–H groups in total. The molecule has 0 saturated heterocycles. The second kappa shape index (κ2) is 3.93. The molecule has 1 fully saturated rings. The molecule has 1 aliphatic carbocycles. The molecular weight excluding hydrogens is 182 g/mol. The first-order valence-electron chi connectivity index (χ1n) is 6.13. The molecule has 1 atom stereocenters. The first kappa shape index (κ1) is 12.8. The lowest BCUT2D eigenvalue weighted by atomic mass is 9.96. The third kappa shape index (κ3) is 1.99. The van der Waals surface area contributed by atoms with Gasteiger partial charge in [-0.2, -0.15) is 0 Å². The van der Waals surface area contributed by atoms with Gasteiger partial charge in [-0.05, 0) is 36.6 Å². The Morgan fingerprint density at radius 2 is 1.73 bits per heavy atom. The monoisotopic (exact) mass is 209 g/mol. The SMILES string of the molecule is C=C(CC)CC(NC)C1C(C)(C)C1(C)C. The van der Waals surface area contributed by atoms with E-state index >= 15 is 0 Å². The van der Waals surface area contributed by atoms with E-state index in [1.807, 2.05) is 0 Å². The summed E-state index contributed by atoms with van der Waals surface area (Å²) in [6.45, 7) is 15.9. The second-order valence-corrected chi connectivity index (χ2v) is 6.12. The van der Waals surface area contributed by atoms with Crippen LogP contribution in [-0.2, 0) is 0 Å².